The van der Waals surface area contributed by atoms with Crippen molar-refractivity contribution >= 4 is 11.3 Å². The van der Waals surface area contributed by atoms with E-state index in [0.29, 0.717) is 13.0 Å². The number of ether oxygens (including phenoxy) is 1. The van der Waals surface area contributed by atoms with Gasteiger partial charge in [-0.05, 0) is 26.7 Å². The summed E-state index contributed by atoms with van der Waals surface area (Å²) >= 11 is 1.70. The van der Waals surface area contributed by atoms with E-state index in [1.165, 1.54) is 0 Å². The van der Waals surface area contributed by atoms with Gasteiger partial charge in [-0.15, -0.1) is 11.3 Å². The summed E-state index contributed by atoms with van der Waals surface area (Å²) in [4.78, 5) is 6.85. The third kappa shape index (κ3) is 3.00. The van der Waals surface area contributed by atoms with Crippen LogP contribution in [0.4, 0.5) is 0 Å². The summed E-state index contributed by atoms with van der Waals surface area (Å²) in [6.07, 6.45) is 1.21. The van der Waals surface area contributed by atoms with E-state index < -0.39 is 17.3 Å². The van der Waals surface area contributed by atoms with Gasteiger partial charge in [0.05, 0.1) is 24.4 Å². The number of hydrogen-bond donors (Lipinski definition) is 2. The summed E-state index contributed by atoms with van der Waals surface area (Å²) in [6, 6.07) is 0. The van der Waals surface area contributed by atoms with Crippen molar-refractivity contribution in [2.45, 2.75) is 57.0 Å². The molecule has 2 aliphatic heterocycles. The number of aliphatic hydroxyl groups is 2. The number of nitrogens with zero attached hydrogens (tertiary/aromatic N) is 2. The summed E-state index contributed by atoms with van der Waals surface area (Å²) in [5, 5.41) is 24.0. The Hall–Kier alpha value is -0.530. The van der Waals surface area contributed by atoms with E-state index >= 15 is 0 Å². The van der Waals surface area contributed by atoms with Crippen molar-refractivity contribution in [2.24, 2.45) is 0 Å². The zero-order chi connectivity index (χ0) is 15.1. The monoisotopic (exact) mass is 312 g/mol. The smallest absolute Gasteiger partial charge is 0.111 e. The molecule has 0 bridgehead atoms. The van der Waals surface area contributed by atoms with Crippen molar-refractivity contribution in [1.29, 1.82) is 0 Å². The maximum Gasteiger partial charge on any atom is 0.111 e. The molecule has 2 atom stereocenters. The van der Waals surface area contributed by atoms with Crippen LogP contribution in [0.15, 0.2) is 5.38 Å². The number of rotatable bonds is 2. The molecule has 0 aliphatic carbocycles. The number of likely N-dealkylation sites (tertiary alicyclic amines) is 1. The standard InChI is InChI=1S/C15H24N2O3S/c1-11-10-21-12(16-11)9-17-6-3-15(4-7-17)13(18)14(2,19)5-8-20-15/h10,13,18-19H,3-9H2,1-2H3/t13-,14+/m0/s1. The number of aryl methyl sites for hydroxylation is 1. The minimum absolute atomic E-state index is 0.498. The van der Waals surface area contributed by atoms with Crippen molar-refractivity contribution in [3.05, 3.63) is 16.1 Å². The lowest BCUT2D eigenvalue weighted by atomic mass is 9.75. The maximum atomic E-state index is 10.5. The average Bonchev–Trinajstić information content (AvgIpc) is 2.84. The quantitative estimate of drug-likeness (QED) is 0.862. The first-order valence-corrected chi connectivity index (χ1v) is 8.47. The van der Waals surface area contributed by atoms with Gasteiger partial charge in [0.2, 0.25) is 0 Å². The lowest BCUT2D eigenvalue weighted by Crippen LogP contribution is -2.64. The molecule has 1 aromatic rings. The second-order valence-electron chi connectivity index (χ2n) is 6.58. The van der Waals surface area contributed by atoms with Crippen LogP contribution in [0.2, 0.25) is 0 Å². The molecule has 0 aromatic carbocycles. The second kappa shape index (κ2) is 5.59. The van der Waals surface area contributed by atoms with E-state index in [4.69, 9.17) is 4.74 Å². The van der Waals surface area contributed by atoms with Crippen LogP contribution in [0.25, 0.3) is 0 Å². The van der Waals surface area contributed by atoms with E-state index in [1.807, 2.05) is 6.92 Å². The molecule has 2 N–H and O–H groups in total. The molecule has 1 spiro atoms. The highest BCUT2D eigenvalue weighted by atomic mass is 32.1. The highest BCUT2D eigenvalue weighted by molar-refractivity contribution is 7.09. The largest absolute Gasteiger partial charge is 0.387 e. The normalized spacial score (nSPS) is 33.4. The first kappa shape index (κ1) is 15.4. The third-order valence-corrected chi connectivity index (χ3v) is 5.76. The molecule has 0 unspecified atom stereocenters. The van der Waals surface area contributed by atoms with Crippen molar-refractivity contribution < 1.29 is 14.9 Å². The van der Waals surface area contributed by atoms with Gasteiger partial charge in [0.25, 0.3) is 0 Å². The van der Waals surface area contributed by atoms with Crippen LogP contribution >= 0.6 is 11.3 Å². The molecule has 2 aliphatic rings. The molecular weight excluding hydrogens is 288 g/mol. The van der Waals surface area contributed by atoms with Gasteiger partial charge >= 0.3 is 0 Å². The molecule has 5 nitrogen and oxygen atoms in total. The summed E-state index contributed by atoms with van der Waals surface area (Å²) in [6.45, 7) is 6.85. The van der Waals surface area contributed by atoms with E-state index in [1.54, 1.807) is 18.3 Å². The topological polar surface area (TPSA) is 65.8 Å². The van der Waals surface area contributed by atoms with Gasteiger partial charge in [0.1, 0.15) is 11.1 Å². The summed E-state index contributed by atoms with van der Waals surface area (Å²) < 4.78 is 5.91. The third-order valence-electron chi connectivity index (χ3n) is 4.81. The second-order valence-corrected chi connectivity index (χ2v) is 7.52. The molecule has 0 radical (unpaired) electrons. The minimum Gasteiger partial charge on any atom is -0.387 e. The Morgan fingerprint density at radius 3 is 2.76 bits per heavy atom. The van der Waals surface area contributed by atoms with Crippen molar-refractivity contribution in [3.8, 4) is 0 Å². The van der Waals surface area contributed by atoms with Gasteiger partial charge in [-0.1, -0.05) is 0 Å². The van der Waals surface area contributed by atoms with Gasteiger partial charge in [-0.2, -0.15) is 0 Å². The minimum atomic E-state index is -1.03. The summed E-state index contributed by atoms with van der Waals surface area (Å²) in [5.74, 6) is 0. The van der Waals surface area contributed by atoms with Gasteiger partial charge in [-0.3, -0.25) is 4.90 Å². The van der Waals surface area contributed by atoms with E-state index in [9.17, 15) is 10.2 Å². The van der Waals surface area contributed by atoms with Crippen LogP contribution in [0.1, 0.15) is 36.9 Å². The Labute approximate surface area is 129 Å². The summed E-state index contributed by atoms with van der Waals surface area (Å²) in [7, 11) is 0. The van der Waals surface area contributed by atoms with Crippen LogP contribution in [-0.4, -0.2) is 57.1 Å². The van der Waals surface area contributed by atoms with Gasteiger partial charge in [0.15, 0.2) is 0 Å². The van der Waals surface area contributed by atoms with Crippen LogP contribution < -0.4 is 0 Å². The maximum absolute atomic E-state index is 10.5. The first-order valence-electron chi connectivity index (χ1n) is 7.59. The Bertz CT molecular complexity index is 495. The van der Waals surface area contributed by atoms with Crippen molar-refractivity contribution in [3.63, 3.8) is 0 Å². The number of thiazole rings is 1. The Morgan fingerprint density at radius 2 is 2.14 bits per heavy atom. The molecule has 2 fully saturated rings. The van der Waals surface area contributed by atoms with Crippen LogP contribution in [0, 0.1) is 6.92 Å². The molecule has 118 valence electrons. The van der Waals surface area contributed by atoms with Gasteiger partial charge in [0, 0.05) is 30.6 Å². The van der Waals surface area contributed by atoms with E-state index in [2.05, 4.69) is 15.3 Å². The molecule has 6 heteroatoms. The lowest BCUT2D eigenvalue weighted by Gasteiger charge is -2.51. The number of piperidine rings is 1. The van der Waals surface area contributed by atoms with Gasteiger partial charge < -0.3 is 14.9 Å². The molecule has 3 rings (SSSR count). The van der Waals surface area contributed by atoms with Crippen LogP contribution in [0.3, 0.4) is 0 Å². The SMILES string of the molecule is Cc1csc(CN2CCC3(CC2)OCC[C@@](C)(O)[C@@H]3O)n1. The lowest BCUT2D eigenvalue weighted by molar-refractivity contribution is -0.246. The molecular formula is C15H24N2O3S. The van der Waals surface area contributed by atoms with Crippen molar-refractivity contribution in [2.75, 3.05) is 19.7 Å². The Kier molecular flexibility index (Phi) is 4.09. The fourth-order valence-corrected chi connectivity index (χ4v) is 4.23. The molecule has 21 heavy (non-hydrogen) atoms. The number of hydrogen-bond acceptors (Lipinski definition) is 6. The zero-order valence-electron chi connectivity index (χ0n) is 12.7. The highest BCUT2D eigenvalue weighted by Gasteiger charge is 2.52. The van der Waals surface area contributed by atoms with E-state index in [0.717, 1.165) is 43.2 Å². The number of aromatic nitrogens is 1. The predicted molar refractivity (Wildman–Crippen MR) is 81.3 cm³/mol. The molecule has 1 aromatic heterocycles. The molecule has 0 saturated carbocycles. The van der Waals surface area contributed by atoms with Crippen LogP contribution in [0.5, 0.6) is 0 Å². The average molecular weight is 312 g/mol. The fourth-order valence-electron chi connectivity index (χ4n) is 3.42. The van der Waals surface area contributed by atoms with Gasteiger partial charge in [-0.25, -0.2) is 4.98 Å². The first-order chi connectivity index (χ1) is 9.91. The van der Waals surface area contributed by atoms with E-state index in [-0.39, 0.29) is 0 Å². The predicted octanol–water partition coefficient (Wildman–Crippen LogP) is 1.32. The fraction of sp³-hybridized carbons (Fsp3) is 0.800. The molecule has 2 saturated heterocycles. The molecule has 3 heterocycles. The molecule has 0 amide bonds. The zero-order valence-corrected chi connectivity index (χ0v) is 13.5. The van der Waals surface area contributed by atoms with Crippen LogP contribution in [-0.2, 0) is 11.3 Å². The number of aliphatic hydroxyl groups excluding tert-OH is 1. The Morgan fingerprint density at radius 1 is 1.43 bits per heavy atom. The van der Waals surface area contributed by atoms with Crippen molar-refractivity contribution in [1.82, 2.24) is 9.88 Å². The highest BCUT2D eigenvalue weighted by Crippen LogP contribution is 2.40. The summed E-state index contributed by atoms with van der Waals surface area (Å²) in [5.41, 5.74) is -0.533. The Balaban J connectivity index is 1.62.